The van der Waals surface area contributed by atoms with E-state index in [2.05, 4.69) is 5.32 Å². The number of nitrogens with zero attached hydrogens (tertiary/aromatic N) is 2. The van der Waals surface area contributed by atoms with Crippen LogP contribution >= 0.6 is 24.0 Å². The van der Waals surface area contributed by atoms with E-state index in [1.54, 1.807) is 6.08 Å². The Morgan fingerprint density at radius 1 is 1.35 bits per heavy atom. The molecule has 7 nitrogen and oxygen atoms in total. The van der Waals surface area contributed by atoms with E-state index in [1.807, 2.05) is 43.3 Å². The normalized spacial score (nSPS) is 16.7. The number of thiocarbonyl (C=S) groups is 1. The second-order valence-electron chi connectivity index (χ2n) is 5.88. The highest BCUT2D eigenvalue weighted by Crippen LogP contribution is 2.32. The number of benzene rings is 1. The van der Waals surface area contributed by atoms with Gasteiger partial charge in [0.1, 0.15) is 16.9 Å². The van der Waals surface area contributed by atoms with Gasteiger partial charge in [-0.2, -0.15) is 0 Å². The molecule has 0 aliphatic carbocycles. The lowest BCUT2D eigenvalue weighted by molar-refractivity contribution is -0.141. The molecule has 1 aromatic carbocycles. The molecule has 0 unspecified atom stereocenters. The Labute approximate surface area is 161 Å². The smallest absolute Gasteiger partial charge is 0.325 e. The summed E-state index contributed by atoms with van der Waals surface area (Å²) >= 11 is 6.29. The third kappa shape index (κ3) is 4.83. The van der Waals surface area contributed by atoms with E-state index in [1.165, 1.54) is 11.8 Å². The van der Waals surface area contributed by atoms with Crippen LogP contribution in [0.15, 0.2) is 29.2 Å². The maximum atomic E-state index is 12.5. The molecular formula is C17H19N3O4S2. The van der Waals surface area contributed by atoms with Crippen molar-refractivity contribution in [3.8, 4) is 0 Å². The molecule has 2 amide bonds. The van der Waals surface area contributed by atoms with Crippen molar-refractivity contribution in [2.75, 3.05) is 25.5 Å². The van der Waals surface area contributed by atoms with Crippen molar-refractivity contribution in [3.05, 3.63) is 34.7 Å². The summed E-state index contributed by atoms with van der Waals surface area (Å²) in [6.07, 6.45) is 1.72. The van der Waals surface area contributed by atoms with Gasteiger partial charge in [0.25, 0.3) is 5.91 Å². The van der Waals surface area contributed by atoms with Crippen LogP contribution in [0.2, 0.25) is 0 Å². The molecule has 1 atom stereocenters. The summed E-state index contributed by atoms with van der Waals surface area (Å²) in [7, 11) is 3.88. The van der Waals surface area contributed by atoms with Crippen LogP contribution in [0.4, 0.5) is 5.69 Å². The summed E-state index contributed by atoms with van der Waals surface area (Å²) in [6.45, 7) is 1.04. The Balaban J connectivity index is 2.08. The number of carboxylic acid groups (broad SMARTS) is 1. The first-order valence-corrected chi connectivity index (χ1v) is 8.96. The number of rotatable bonds is 6. The standard InChI is InChI=1S/C17H19N3O4S2/c1-10(16(23)24)18-14(21)9-20-15(22)13(26-17(20)25)8-11-4-6-12(7-5-11)19(2)3/h4-8,10H,9H2,1-3H3,(H,18,21)(H,23,24)/b13-8+/t10-/m0/s1. The first-order chi connectivity index (χ1) is 12.2. The number of nitrogens with one attached hydrogen (secondary N) is 1. The number of hydrogen-bond donors (Lipinski definition) is 2. The summed E-state index contributed by atoms with van der Waals surface area (Å²) < 4.78 is 0.268. The average molecular weight is 393 g/mol. The summed E-state index contributed by atoms with van der Waals surface area (Å²) in [4.78, 5) is 38.8. The van der Waals surface area contributed by atoms with E-state index >= 15 is 0 Å². The lowest BCUT2D eigenvalue weighted by Gasteiger charge is -2.15. The largest absolute Gasteiger partial charge is 0.480 e. The van der Waals surface area contributed by atoms with Crippen molar-refractivity contribution >= 4 is 57.8 Å². The van der Waals surface area contributed by atoms with Gasteiger partial charge in [-0.25, -0.2) is 0 Å². The second-order valence-corrected chi connectivity index (χ2v) is 7.56. The first-order valence-electron chi connectivity index (χ1n) is 7.74. The fourth-order valence-corrected chi connectivity index (χ4v) is 3.40. The van der Waals surface area contributed by atoms with Crippen LogP contribution in [0.5, 0.6) is 0 Å². The van der Waals surface area contributed by atoms with Gasteiger partial charge in [-0.05, 0) is 30.7 Å². The molecule has 0 bridgehead atoms. The summed E-state index contributed by atoms with van der Waals surface area (Å²) in [5.41, 5.74) is 1.89. The fraction of sp³-hybridized carbons (Fsp3) is 0.294. The molecule has 9 heteroatoms. The van der Waals surface area contributed by atoms with Crippen LogP contribution in [0, 0.1) is 0 Å². The van der Waals surface area contributed by atoms with E-state index < -0.39 is 17.9 Å². The molecule has 1 saturated heterocycles. The number of anilines is 1. The van der Waals surface area contributed by atoms with Crippen LogP contribution in [-0.2, 0) is 14.4 Å². The van der Waals surface area contributed by atoms with Crippen molar-refractivity contribution < 1.29 is 19.5 Å². The van der Waals surface area contributed by atoms with Gasteiger partial charge in [0.15, 0.2) is 0 Å². The van der Waals surface area contributed by atoms with Crippen LogP contribution in [-0.4, -0.2) is 58.8 Å². The van der Waals surface area contributed by atoms with Gasteiger partial charge in [0, 0.05) is 19.8 Å². The maximum Gasteiger partial charge on any atom is 0.325 e. The molecule has 2 N–H and O–H groups in total. The Bertz CT molecular complexity index is 775. The molecule has 1 aromatic rings. The number of carbonyl (C=O) groups is 3. The molecule has 0 saturated carbocycles. The molecule has 1 fully saturated rings. The minimum absolute atomic E-state index is 0.268. The third-order valence-corrected chi connectivity index (χ3v) is 5.01. The van der Waals surface area contributed by atoms with Crippen LogP contribution in [0.3, 0.4) is 0 Å². The second kappa shape index (κ2) is 8.33. The highest BCUT2D eigenvalue weighted by molar-refractivity contribution is 8.26. The lowest BCUT2D eigenvalue weighted by Crippen LogP contribution is -2.45. The van der Waals surface area contributed by atoms with Crippen molar-refractivity contribution in [2.24, 2.45) is 0 Å². The molecule has 0 aromatic heterocycles. The molecule has 26 heavy (non-hydrogen) atoms. The molecule has 138 valence electrons. The number of carboxylic acids is 1. The van der Waals surface area contributed by atoms with E-state index in [0.29, 0.717) is 4.91 Å². The SMILES string of the molecule is C[C@H](NC(=O)CN1C(=O)/C(=C\c2ccc(N(C)C)cc2)SC1=S)C(=O)O. The maximum absolute atomic E-state index is 12.5. The highest BCUT2D eigenvalue weighted by atomic mass is 32.2. The molecule has 1 aliphatic rings. The third-order valence-electron chi connectivity index (χ3n) is 3.63. The number of carbonyl (C=O) groups excluding carboxylic acids is 2. The van der Waals surface area contributed by atoms with Gasteiger partial charge in [0.05, 0.1) is 4.91 Å². The van der Waals surface area contributed by atoms with E-state index in [0.717, 1.165) is 23.0 Å². The number of amides is 2. The zero-order valence-corrected chi connectivity index (χ0v) is 16.2. The Morgan fingerprint density at radius 3 is 2.50 bits per heavy atom. The summed E-state index contributed by atoms with van der Waals surface area (Å²) in [5, 5.41) is 11.1. The zero-order valence-electron chi connectivity index (χ0n) is 14.6. The van der Waals surface area contributed by atoms with Crippen LogP contribution in [0.25, 0.3) is 6.08 Å². The van der Waals surface area contributed by atoms with E-state index in [9.17, 15) is 14.4 Å². The van der Waals surface area contributed by atoms with E-state index in [4.69, 9.17) is 17.3 Å². The molecule has 2 rings (SSSR count). The minimum atomic E-state index is -1.15. The molecule has 0 spiro atoms. The number of aliphatic carboxylic acids is 1. The fourth-order valence-electron chi connectivity index (χ4n) is 2.15. The lowest BCUT2D eigenvalue weighted by atomic mass is 10.2. The Hall–Kier alpha value is -2.39. The number of hydrogen-bond acceptors (Lipinski definition) is 6. The molecular weight excluding hydrogens is 374 g/mol. The highest BCUT2D eigenvalue weighted by Gasteiger charge is 2.33. The number of thioether (sulfide) groups is 1. The average Bonchev–Trinajstić information content (AvgIpc) is 2.82. The first kappa shape index (κ1) is 19.9. The van der Waals surface area contributed by atoms with Crippen molar-refractivity contribution in [3.63, 3.8) is 0 Å². The van der Waals surface area contributed by atoms with Gasteiger partial charge in [-0.1, -0.05) is 36.1 Å². The van der Waals surface area contributed by atoms with Gasteiger partial charge in [0.2, 0.25) is 5.91 Å². The van der Waals surface area contributed by atoms with Gasteiger partial charge >= 0.3 is 5.97 Å². The molecule has 1 heterocycles. The quantitative estimate of drug-likeness (QED) is 0.560. The predicted octanol–water partition coefficient (Wildman–Crippen LogP) is 1.54. The minimum Gasteiger partial charge on any atom is -0.480 e. The van der Waals surface area contributed by atoms with Crippen molar-refractivity contribution in [1.82, 2.24) is 10.2 Å². The van der Waals surface area contributed by atoms with Crippen molar-refractivity contribution in [1.29, 1.82) is 0 Å². The van der Waals surface area contributed by atoms with Gasteiger partial charge < -0.3 is 15.3 Å². The molecule has 0 radical (unpaired) electrons. The predicted molar refractivity (Wildman–Crippen MR) is 106 cm³/mol. The topological polar surface area (TPSA) is 90.0 Å². The van der Waals surface area contributed by atoms with E-state index in [-0.39, 0.29) is 16.8 Å². The Morgan fingerprint density at radius 2 is 1.96 bits per heavy atom. The molecule has 1 aliphatic heterocycles. The van der Waals surface area contributed by atoms with Crippen LogP contribution < -0.4 is 10.2 Å². The monoisotopic (exact) mass is 393 g/mol. The van der Waals surface area contributed by atoms with Gasteiger partial charge in [-0.15, -0.1) is 0 Å². The van der Waals surface area contributed by atoms with Crippen molar-refractivity contribution in [2.45, 2.75) is 13.0 Å². The Kier molecular flexibility index (Phi) is 6.38. The van der Waals surface area contributed by atoms with Crippen LogP contribution in [0.1, 0.15) is 12.5 Å². The van der Waals surface area contributed by atoms with Gasteiger partial charge in [-0.3, -0.25) is 19.3 Å². The zero-order chi connectivity index (χ0) is 19.4. The summed E-state index contributed by atoms with van der Waals surface area (Å²) in [6, 6.07) is 6.62. The summed E-state index contributed by atoms with van der Waals surface area (Å²) in [5.74, 6) is -2.09.